The van der Waals surface area contributed by atoms with Gasteiger partial charge in [0.05, 0.1) is 25.5 Å². The zero-order valence-electron chi connectivity index (χ0n) is 12.0. The highest BCUT2D eigenvalue weighted by atomic mass is 16.5. The molecule has 0 radical (unpaired) electrons. The van der Waals surface area contributed by atoms with E-state index in [1.165, 1.54) is 20.3 Å². The molecule has 1 rings (SSSR count). The molecule has 0 saturated heterocycles. The van der Waals surface area contributed by atoms with Crippen LogP contribution in [0.4, 0.5) is 5.69 Å². The molecule has 1 aromatic rings. The van der Waals surface area contributed by atoms with Gasteiger partial charge in [0, 0.05) is 12.1 Å². The first kappa shape index (κ1) is 15.1. The molecule has 1 aromatic carbocycles. The van der Waals surface area contributed by atoms with Crippen LogP contribution in [0, 0.1) is 5.92 Å². The van der Waals surface area contributed by atoms with E-state index in [-0.39, 0.29) is 17.6 Å². The fourth-order valence-corrected chi connectivity index (χ4v) is 1.44. The number of carbonyl (C=O) groups is 1. The molecule has 5 nitrogen and oxygen atoms in total. The summed E-state index contributed by atoms with van der Waals surface area (Å²) in [6.45, 7) is 5.81. The lowest BCUT2D eigenvalue weighted by molar-refractivity contribution is 0.0239. The summed E-state index contributed by atoms with van der Waals surface area (Å²) in [5, 5.41) is 0. The number of nitrogens with two attached hydrogens (primary N) is 1. The number of benzene rings is 1. The van der Waals surface area contributed by atoms with Crippen LogP contribution < -0.4 is 15.2 Å². The van der Waals surface area contributed by atoms with Crippen molar-refractivity contribution < 1.29 is 19.0 Å². The number of hydrogen-bond donors (Lipinski definition) is 1. The van der Waals surface area contributed by atoms with Crippen molar-refractivity contribution in [3.63, 3.8) is 0 Å². The Balaban J connectivity index is 3.03. The number of carbonyl (C=O) groups excluding carboxylic acids is 1. The molecule has 0 aromatic heterocycles. The predicted octanol–water partition coefficient (Wildman–Crippen LogP) is 2.49. The molecule has 0 amide bonds. The van der Waals surface area contributed by atoms with E-state index < -0.39 is 5.97 Å². The monoisotopic (exact) mass is 267 g/mol. The Bertz CT molecular complexity index is 457. The Morgan fingerprint density at radius 2 is 1.63 bits per heavy atom. The molecule has 106 valence electrons. The van der Waals surface area contributed by atoms with Crippen LogP contribution in [0.3, 0.4) is 0 Å². The first-order valence-electron chi connectivity index (χ1n) is 6.13. The van der Waals surface area contributed by atoms with Crippen LogP contribution in [0.1, 0.15) is 31.1 Å². The highest BCUT2D eigenvalue weighted by Gasteiger charge is 2.19. The fraction of sp³-hybridized carbons (Fsp3) is 0.500. The Hall–Kier alpha value is -1.91. The van der Waals surface area contributed by atoms with Gasteiger partial charge in [0.2, 0.25) is 0 Å². The van der Waals surface area contributed by atoms with Gasteiger partial charge in [-0.15, -0.1) is 0 Å². The molecule has 2 N–H and O–H groups in total. The Morgan fingerprint density at radius 3 is 2.11 bits per heavy atom. The largest absolute Gasteiger partial charge is 0.493 e. The molecular formula is C14H21NO4. The van der Waals surface area contributed by atoms with Gasteiger partial charge in [0.15, 0.2) is 11.5 Å². The van der Waals surface area contributed by atoms with Crippen LogP contribution in [0.15, 0.2) is 12.1 Å². The van der Waals surface area contributed by atoms with Crippen molar-refractivity contribution in [2.24, 2.45) is 5.92 Å². The van der Waals surface area contributed by atoms with Gasteiger partial charge in [-0.1, -0.05) is 13.8 Å². The average molecular weight is 267 g/mol. The maximum absolute atomic E-state index is 12.0. The van der Waals surface area contributed by atoms with E-state index in [2.05, 4.69) is 0 Å². The first-order valence-corrected chi connectivity index (χ1v) is 6.13. The number of ether oxygens (including phenoxy) is 3. The molecule has 0 fully saturated rings. The maximum atomic E-state index is 12.0. The van der Waals surface area contributed by atoms with Crippen LogP contribution in [-0.2, 0) is 4.74 Å². The summed E-state index contributed by atoms with van der Waals surface area (Å²) in [6.07, 6.45) is -0.181. The van der Waals surface area contributed by atoms with Gasteiger partial charge in [-0.2, -0.15) is 0 Å². The van der Waals surface area contributed by atoms with E-state index in [1.54, 1.807) is 6.07 Å². The summed E-state index contributed by atoms with van der Waals surface area (Å²) >= 11 is 0. The van der Waals surface area contributed by atoms with Gasteiger partial charge in [-0.3, -0.25) is 0 Å². The second-order valence-electron chi connectivity index (χ2n) is 4.65. The lowest BCUT2D eigenvalue weighted by Gasteiger charge is -2.18. The average Bonchev–Trinajstić information content (AvgIpc) is 2.37. The van der Waals surface area contributed by atoms with Gasteiger partial charge >= 0.3 is 5.97 Å². The molecule has 0 aliphatic carbocycles. The van der Waals surface area contributed by atoms with E-state index >= 15 is 0 Å². The van der Waals surface area contributed by atoms with Crippen molar-refractivity contribution in [3.05, 3.63) is 17.7 Å². The van der Waals surface area contributed by atoms with Crippen molar-refractivity contribution in [2.45, 2.75) is 26.9 Å². The van der Waals surface area contributed by atoms with Crippen LogP contribution >= 0.6 is 0 Å². The van der Waals surface area contributed by atoms with Gasteiger partial charge in [0.25, 0.3) is 0 Å². The van der Waals surface area contributed by atoms with Crippen LogP contribution in [0.25, 0.3) is 0 Å². The van der Waals surface area contributed by atoms with E-state index in [0.717, 1.165) is 0 Å². The summed E-state index contributed by atoms with van der Waals surface area (Å²) in [5.41, 5.74) is 6.42. The van der Waals surface area contributed by atoms with Crippen LogP contribution in [-0.4, -0.2) is 26.3 Å². The molecule has 0 saturated carbocycles. The maximum Gasteiger partial charge on any atom is 0.340 e. The molecule has 1 unspecified atom stereocenters. The summed E-state index contributed by atoms with van der Waals surface area (Å²) in [7, 11) is 3.01. The van der Waals surface area contributed by atoms with Crippen molar-refractivity contribution >= 4 is 11.7 Å². The Morgan fingerprint density at radius 1 is 1.11 bits per heavy atom. The van der Waals surface area contributed by atoms with E-state index in [1.807, 2.05) is 20.8 Å². The second-order valence-corrected chi connectivity index (χ2v) is 4.65. The molecule has 19 heavy (non-hydrogen) atoms. The molecule has 5 heteroatoms. The van der Waals surface area contributed by atoms with Crippen molar-refractivity contribution in [1.29, 1.82) is 0 Å². The standard InChI is InChI=1S/C14H21NO4/c1-8(2)9(3)19-14(16)10-6-12(17-4)13(18-5)7-11(10)15/h6-9H,15H2,1-5H3. The number of methoxy groups -OCH3 is 2. The quantitative estimate of drug-likeness (QED) is 0.655. The highest BCUT2D eigenvalue weighted by molar-refractivity contribution is 5.96. The molecule has 1 atom stereocenters. The van der Waals surface area contributed by atoms with Gasteiger partial charge in [-0.05, 0) is 12.8 Å². The van der Waals surface area contributed by atoms with Crippen molar-refractivity contribution in [3.8, 4) is 11.5 Å². The van der Waals surface area contributed by atoms with E-state index in [9.17, 15) is 4.79 Å². The molecule has 0 aliphatic rings. The van der Waals surface area contributed by atoms with E-state index in [4.69, 9.17) is 19.9 Å². The number of esters is 1. The Kier molecular flexibility index (Phi) is 5.03. The number of anilines is 1. The topological polar surface area (TPSA) is 70.8 Å². The lowest BCUT2D eigenvalue weighted by atomic mass is 10.1. The number of rotatable bonds is 5. The third kappa shape index (κ3) is 3.53. The minimum Gasteiger partial charge on any atom is -0.493 e. The number of nitrogen functional groups attached to an aromatic ring is 1. The fourth-order valence-electron chi connectivity index (χ4n) is 1.44. The molecular weight excluding hydrogens is 246 g/mol. The second kappa shape index (κ2) is 6.31. The lowest BCUT2D eigenvalue weighted by Crippen LogP contribution is -2.21. The molecule has 0 aliphatic heterocycles. The van der Waals surface area contributed by atoms with E-state index in [0.29, 0.717) is 17.2 Å². The van der Waals surface area contributed by atoms with Gasteiger partial charge in [0.1, 0.15) is 6.10 Å². The van der Waals surface area contributed by atoms with Crippen LogP contribution in [0.2, 0.25) is 0 Å². The van der Waals surface area contributed by atoms with Crippen molar-refractivity contribution in [2.75, 3.05) is 20.0 Å². The summed E-state index contributed by atoms with van der Waals surface area (Å²) in [5.74, 6) is 0.708. The predicted molar refractivity (Wildman–Crippen MR) is 73.7 cm³/mol. The SMILES string of the molecule is COc1cc(N)c(C(=O)OC(C)C(C)C)cc1OC. The summed E-state index contributed by atoms with van der Waals surface area (Å²) < 4.78 is 15.6. The zero-order valence-corrected chi connectivity index (χ0v) is 12.0. The first-order chi connectivity index (χ1) is 8.90. The summed E-state index contributed by atoms with van der Waals surface area (Å²) in [4.78, 5) is 12.0. The van der Waals surface area contributed by atoms with Gasteiger partial charge in [-0.25, -0.2) is 4.79 Å². The zero-order chi connectivity index (χ0) is 14.6. The van der Waals surface area contributed by atoms with Crippen LogP contribution in [0.5, 0.6) is 11.5 Å². The molecule has 0 spiro atoms. The highest BCUT2D eigenvalue weighted by Crippen LogP contribution is 2.32. The van der Waals surface area contributed by atoms with Crippen molar-refractivity contribution in [1.82, 2.24) is 0 Å². The smallest absolute Gasteiger partial charge is 0.340 e. The third-order valence-corrected chi connectivity index (χ3v) is 3.01. The molecule has 0 bridgehead atoms. The minimum atomic E-state index is -0.459. The molecule has 0 heterocycles. The minimum absolute atomic E-state index is 0.181. The Labute approximate surface area is 113 Å². The normalized spacial score (nSPS) is 12.1. The third-order valence-electron chi connectivity index (χ3n) is 3.01. The van der Waals surface area contributed by atoms with Gasteiger partial charge < -0.3 is 19.9 Å². The number of hydrogen-bond acceptors (Lipinski definition) is 5. The summed E-state index contributed by atoms with van der Waals surface area (Å²) in [6, 6.07) is 3.08.